The Hall–Kier alpha value is -0.443. The third kappa shape index (κ3) is 5.56. The van der Waals surface area contributed by atoms with Gasteiger partial charge in [-0.05, 0) is 6.92 Å². The van der Waals surface area contributed by atoms with Crippen LogP contribution >= 0.6 is 0 Å². The lowest BCUT2D eigenvalue weighted by atomic mass is 10.3. The van der Waals surface area contributed by atoms with Crippen LogP contribution in [-0.4, -0.2) is 21.4 Å². The van der Waals surface area contributed by atoms with Crippen LogP contribution in [0.4, 0.5) is 0 Å². The van der Waals surface area contributed by atoms with Crippen LogP contribution in [0.25, 0.3) is 0 Å². The average Bonchev–Trinajstić information content (AvgIpc) is 1.27. The Morgan fingerprint density at radius 2 is 2.00 bits per heavy atom. The van der Waals surface area contributed by atoms with E-state index in [1.54, 1.807) is 0 Å². The molecule has 3 heteroatoms. The lowest BCUT2D eigenvalue weighted by Crippen LogP contribution is -2.01. The van der Waals surface area contributed by atoms with E-state index in [0.29, 0.717) is 10.2 Å². The fourth-order valence-corrected chi connectivity index (χ4v) is 0.848. The summed E-state index contributed by atoms with van der Waals surface area (Å²) >= 11 is 0. The molecule has 0 bridgehead atoms. The molecular weight excluding hydrogens is 108 g/mol. The summed E-state index contributed by atoms with van der Waals surface area (Å²) in [7, 11) is 0.507. The Balaban J connectivity index is 3.32. The highest BCUT2D eigenvalue weighted by Gasteiger charge is 1.94. The molecule has 0 unspecified atom stereocenters. The molecule has 0 atom stereocenters. The molecule has 0 aliphatic rings. The van der Waals surface area contributed by atoms with Crippen LogP contribution in [-0.2, 0) is 9.59 Å². The number of carbonyl (C=O) groups is 2. The third-order valence-corrected chi connectivity index (χ3v) is 0.851. The van der Waals surface area contributed by atoms with Gasteiger partial charge in [0.25, 0.3) is 0 Å². The quantitative estimate of drug-likeness (QED) is 0.337. The average molecular weight is 116 g/mol. The lowest BCUT2D eigenvalue weighted by Gasteiger charge is -1.81. The molecule has 40 valence electrons. The van der Waals surface area contributed by atoms with E-state index in [0.717, 1.165) is 0 Å². The molecule has 2 nitrogen and oxygen atoms in total. The molecule has 7 heavy (non-hydrogen) atoms. The number of ketones is 1. The number of rotatable bonds is 2. The second-order valence-corrected chi connectivity index (χ2v) is 2.70. The van der Waals surface area contributed by atoms with Gasteiger partial charge in [0.15, 0.2) is 0 Å². The van der Waals surface area contributed by atoms with E-state index in [-0.39, 0.29) is 17.6 Å². The Morgan fingerprint density at radius 1 is 1.57 bits per heavy atom. The Morgan fingerprint density at radius 3 is 2.00 bits per heavy atom. The first-order valence-corrected chi connectivity index (χ1v) is 3.12. The molecule has 0 amide bonds. The summed E-state index contributed by atoms with van der Waals surface area (Å²) in [5.74, 6) is -0.0278. The van der Waals surface area contributed by atoms with E-state index in [9.17, 15) is 9.59 Å². The van der Waals surface area contributed by atoms with Crippen molar-refractivity contribution in [1.29, 1.82) is 0 Å². The van der Waals surface area contributed by atoms with Crippen molar-refractivity contribution >= 4 is 21.4 Å². The minimum atomic E-state index is -0.0278. The lowest BCUT2D eigenvalue weighted by molar-refractivity contribution is -0.122. The van der Waals surface area contributed by atoms with E-state index in [2.05, 4.69) is 0 Å². The van der Waals surface area contributed by atoms with Gasteiger partial charge in [0, 0.05) is 0 Å². The zero-order valence-corrected chi connectivity index (χ0v) is 6.52. The van der Waals surface area contributed by atoms with Crippen LogP contribution in [0.3, 0.4) is 0 Å². The fraction of sp³-hybridized carbons (Fsp3) is 0.500. The summed E-state index contributed by atoms with van der Waals surface area (Å²) in [6.45, 7) is 1.43. The Labute approximate surface area is 45.3 Å². The summed E-state index contributed by atoms with van der Waals surface area (Å²) in [5, 5.41) is 0.0764. The highest BCUT2D eigenvalue weighted by molar-refractivity contribution is 6.59. The molecule has 0 saturated carbocycles. The van der Waals surface area contributed by atoms with E-state index in [1.807, 2.05) is 0 Å². The molecule has 0 spiro atoms. The summed E-state index contributed by atoms with van der Waals surface area (Å²) in [6, 6.07) is 0. The molecule has 0 aliphatic carbocycles. The van der Waals surface area contributed by atoms with Gasteiger partial charge in [0.05, 0.1) is 16.7 Å². The van der Waals surface area contributed by atoms with Crippen molar-refractivity contribution < 1.29 is 9.59 Å². The molecule has 0 N–H and O–H groups in total. The summed E-state index contributed by atoms with van der Waals surface area (Å²) in [4.78, 5) is 20.2. The highest BCUT2D eigenvalue weighted by Crippen LogP contribution is 1.77. The van der Waals surface area contributed by atoms with Gasteiger partial charge in [-0.25, -0.2) is 0 Å². The summed E-state index contributed by atoms with van der Waals surface area (Å²) in [5.41, 5.74) is 0. The smallest absolute Gasteiger partial charge is 0.136 e. The number of carbonyl (C=O) groups excluding carboxylic acids is 2. The van der Waals surface area contributed by atoms with E-state index in [1.165, 1.54) is 6.92 Å². The van der Waals surface area contributed by atoms with Crippen LogP contribution in [0.2, 0.25) is 0 Å². The molecule has 0 aromatic rings. The maximum absolute atomic E-state index is 10.1. The van der Waals surface area contributed by atoms with Gasteiger partial charge in [-0.2, -0.15) is 0 Å². The van der Waals surface area contributed by atoms with Crippen LogP contribution < -0.4 is 0 Å². The standard InChI is InChI=1S/C4H8O2Si/c1-3(5)2-4(6)7/h2H2,1,7H3. The zero-order valence-electron chi connectivity index (χ0n) is 4.52. The molecular formula is C4H8O2Si. The van der Waals surface area contributed by atoms with Crippen LogP contribution in [0.15, 0.2) is 0 Å². The minimum Gasteiger partial charge on any atom is -0.306 e. The van der Waals surface area contributed by atoms with Crippen molar-refractivity contribution in [2.24, 2.45) is 0 Å². The first-order chi connectivity index (χ1) is 3.13. The number of Topliss-reactive ketones (excluding diaryl/α,β-unsaturated/α-hetero) is 1. The van der Waals surface area contributed by atoms with Crippen molar-refractivity contribution in [3.63, 3.8) is 0 Å². The number of hydrogen-bond acceptors (Lipinski definition) is 2. The fourth-order valence-electron chi connectivity index (χ4n) is 0.351. The van der Waals surface area contributed by atoms with Crippen molar-refractivity contribution in [2.45, 2.75) is 13.3 Å². The normalized spacial score (nSPS) is 8.71. The molecule has 0 rings (SSSR count). The van der Waals surface area contributed by atoms with Gasteiger partial charge in [-0.3, -0.25) is 4.79 Å². The predicted molar refractivity (Wildman–Crippen MR) is 30.2 cm³/mol. The van der Waals surface area contributed by atoms with Crippen molar-refractivity contribution in [3.8, 4) is 0 Å². The van der Waals surface area contributed by atoms with Crippen molar-refractivity contribution in [3.05, 3.63) is 0 Å². The SMILES string of the molecule is CC(=O)CC(=O)[SiH3]. The first kappa shape index (κ1) is 6.56. The van der Waals surface area contributed by atoms with Crippen molar-refractivity contribution in [2.75, 3.05) is 0 Å². The summed E-state index contributed by atoms with van der Waals surface area (Å²) < 4.78 is 0. The molecule has 0 radical (unpaired) electrons. The van der Waals surface area contributed by atoms with Crippen LogP contribution in [0.5, 0.6) is 0 Å². The van der Waals surface area contributed by atoms with Gasteiger partial charge in [-0.1, -0.05) is 0 Å². The molecule has 0 saturated heterocycles. The largest absolute Gasteiger partial charge is 0.306 e. The number of hydrogen-bond donors (Lipinski definition) is 0. The maximum Gasteiger partial charge on any atom is 0.136 e. The van der Waals surface area contributed by atoms with Crippen LogP contribution in [0, 0.1) is 0 Å². The van der Waals surface area contributed by atoms with Gasteiger partial charge in [0.2, 0.25) is 0 Å². The molecule has 0 aliphatic heterocycles. The maximum atomic E-state index is 10.1. The zero-order chi connectivity index (χ0) is 5.86. The van der Waals surface area contributed by atoms with Crippen LogP contribution in [0.1, 0.15) is 13.3 Å². The van der Waals surface area contributed by atoms with E-state index >= 15 is 0 Å². The van der Waals surface area contributed by atoms with Gasteiger partial charge >= 0.3 is 0 Å². The minimum absolute atomic E-state index is 0.0278. The second kappa shape index (κ2) is 2.68. The topological polar surface area (TPSA) is 34.1 Å². The monoisotopic (exact) mass is 116 g/mol. The molecule has 0 aromatic carbocycles. The Bertz CT molecular complexity index is 85.9. The Kier molecular flexibility index (Phi) is 2.51. The van der Waals surface area contributed by atoms with Crippen molar-refractivity contribution in [1.82, 2.24) is 0 Å². The first-order valence-electron chi connectivity index (χ1n) is 2.12. The highest BCUT2D eigenvalue weighted by atomic mass is 28.1. The van der Waals surface area contributed by atoms with Gasteiger partial charge in [-0.15, -0.1) is 0 Å². The van der Waals surface area contributed by atoms with E-state index < -0.39 is 0 Å². The van der Waals surface area contributed by atoms with E-state index in [4.69, 9.17) is 0 Å². The molecule has 0 aromatic heterocycles. The third-order valence-electron chi connectivity index (χ3n) is 0.498. The molecule has 0 heterocycles. The second-order valence-electron chi connectivity index (χ2n) is 1.58. The molecule has 0 fully saturated rings. The van der Waals surface area contributed by atoms with Gasteiger partial charge in [0.1, 0.15) is 11.2 Å². The van der Waals surface area contributed by atoms with Gasteiger partial charge < -0.3 is 4.79 Å². The summed E-state index contributed by atoms with van der Waals surface area (Å²) in [6.07, 6.45) is 0.145. The predicted octanol–water partition coefficient (Wildman–Crippen LogP) is -1.14.